The molecule has 0 aliphatic heterocycles. The molecular formula is C11H13BrClN3O. The van der Waals surface area contributed by atoms with Gasteiger partial charge in [0.25, 0.3) is 0 Å². The molecule has 0 spiro atoms. The van der Waals surface area contributed by atoms with Gasteiger partial charge < -0.3 is 11.1 Å². The van der Waals surface area contributed by atoms with E-state index in [-0.39, 0.29) is 11.8 Å². The second kappa shape index (κ2) is 4.55. The lowest BCUT2D eigenvalue weighted by atomic mass is 9.96. The Kier molecular flexibility index (Phi) is 3.43. The lowest BCUT2D eigenvalue weighted by Gasteiger charge is -2.23. The highest BCUT2D eigenvalue weighted by atomic mass is 79.9. The summed E-state index contributed by atoms with van der Waals surface area (Å²) in [6.45, 7) is 1.76. The van der Waals surface area contributed by atoms with Gasteiger partial charge in [-0.25, -0.2) is 4.98 Å². The van der Waals surface area contributed by atoms with Crippen molar-refractivity contribution in [1.29, 1.82) is 0 Å². The van der Waals surface area contributed by atoms with Crippen molar-refractivity contribution in [3.05, 3.63) is 21.9 Å². The van der Waals surface area contributed by atoms with Gasteiger partial charge in [0, 0.05) is 0 Å². The predicted molar refractivity (Wildman–Crippen MR) is 70.9 cm³/mol. The Balaban J connectivity index is 2.10. The first kappa shape index (κ1) is 12.8. The summed E-state index contributed by atoms with van der Waals surface area (Å²) >= 11 is 9.02. The molecule has 1 aromatic rings. The van der Waals surface area contributed by atoms with Crippen LogP contribution in [0.2, 0.25) is 5.15 Å². The molecule has 0 radical (unpaired) electrons. The summed E-state index contributed by atoms with van der Waals surface area (Å²) in [7, 11) is 0. The van der Waals surface area contributed by atoms with E-state index in [1.165, 1.54) is 6.20 Å². The maximum atomic E-state index is 12.0. The topological polar surface area (TPSA) is 68.0 Å². The van der Waals surface area contributed by atoms with Gasteiger partial charge in [-0.05, 0) is 47.7 Å². The van der Waals surface area contributed by atoms with Crippen LogP contribution in [0, 0.1) is 5.92 Å². The smallest absolute Gasteiger partial charge is 0.244 e. The monoisotopic (exact) mass is 317 g/mol. The first-order valence-electron chi connectivity index (χ1n) is 5.32. The number of carbonyl (C=O) groups is 1. The molecule has 4 nitrogen and oxygen atoms in total. The fraction of sp³-hybridized carbons (Fsp3) is 0.455. The standard InChI is InChI=1S/C11H13BrClN3O/c1-11(14,6-2-3-6)10(17)16-7-4-8(12)9(13)15-5-7/h4-6H,2-3,14H2,1H3,(H,16,17). The van der Waals surface area contributed by atoms with Crippen LogP contribution in [0.15, 0.2) is 16.7 Å². The van der Waals surface area contributed by atoms with Gasteiger partial charge in [-0.3, -0.25) is 4.79 Å². The maximum Gasteiger partial charge on any atom is 0.244 e. The van der Waals surface area contributed by atoms with E-state index in [4.69, 9.17) is 17.3 Å². The van der Waals surface area contributed by atoms with Crippen LogP contribution in [0.5, 0.6) is 0 Å². The molecular weight excluding hydrogens is 305 g/mol. The van der Waals surface area contributed by atoms with Crippen LogP contribution in [0.1, 0.15) is 19.8 Å². The van der Waals surface area contributed by atoms with Crippen molar-refractivity contribution in [2.45, 2.75) is 25.3 Å². The third-order valence-corrected chi connectivity index (χ3v) is 4.10. The number of nitrogens with one attached hydrogen (secondary N) is 1. The van der Waals surface area contributed by atoms with Crippen LogP contribution < -0.4 is 11.1 Å². The molecule has 1 heterocycles. The molecule has 1 atom stereocenters. The first-order chi connectivity index (χ1) is 7.91. The molecule has 0 aromatic carbocycles. The summed E-state index contributed by atoms with van der Waals surface area (Å²) in [6, 6.07) is 1.70. The Bertz CT molecular complexity index is 460. The number of hydrogen-bond acceptors (Lipinski definition) is 3. The minimum absolute atomic E-state index is 0.184. The van der Waals surface area contributed by atoms with Gasteiger partial charge in [0.2, 0.25) is 5.91 Å². The van der Waals surface area contributed by atoms with Crippen molar-refractivity contribution in [1.82, 2.24) is 4.98 Å². The number of halogens is 2. The zero-order chi connectivity index (χ0) is 12.6. The molecule has 1 aliphatic carbocycles. The van der Waals surface area contributed by atoms with E-state index in [1.807, 2.05) is 0 Å². The molecule has 0 saturated heterocycles. The number of nitrogens with two attached hydrogens (primary N) is 1. The van der Waals surface area contributed by atoms with Gasteiger partial charge in [0.15, 0.2) is 0 Å². The van der Waals surface area contributed by atoms with E-state index < -0.39 is 5.54 Å². The number of pyridine rings is 1. The molecule has 3 N–H and O–H groups in total. The summed E-state index contributed by atoms with van der Waals surface area (Å²) in [5, 5.41) is 3.12. The van der Waals surface area contributed by atoms with Crippen LogP contribution in [-0.4, -0.2) is 16.4 Å². The summed E-state index contributed by atoms with van der Waals surface area (Å²) in [4.78, 5) is 15.9. The van der Waals surface area contributed by atoms with Crippen molar-refractivity contribution >= 4 is 39.1 Å². The number of carbonyl (C=O) groups excluding carboxylic acids is 1. The van der Waals surface area contributed by atoms with Crippen LogP contribution in [0.3, 0.4) is 0 Å². The molecule has 1 saturated carbocycles. The Morgan fingerprint density at radius 3 is 2.88 bits per heavy atom. The third-order valence-electron chi connectivity index (χ3n) is 2.97. The number of hydrogen-bond donors (Lipinski definition) is 2. The summed E-state index contributed by atoms with van der Waals surface area (Å²) in [6.07, 6.45) is 3.54. The average Bonchev–Trinajstić information content (AvgIpc) is 3.07. The number of rotatable bonds is 3. The van der Waals surface area contributed by atoms with Crippen molar-refractivity contribution in [2.75, 3.05) is 5.32 Å². The number of anilines is 1. The Labute approximate surface area is 113 Å². The highest BCUT2D eigenvalue weighted by Crippen LogP contribution is 2.38. The van der Waals surface area contributed by atoms with Gasteiger partial charge in [0.05, 0.1) is 21.9 Å². The molecule has 6 heteroatoms. The van der Waals surface area contributed by atoms with Gasteiger partial charge in [-0.1, -0.05) is 11.6 Å². The largest absolute Gasteiger partial charge is 0.323 e. The highest BCUT2D eigenvalue weighted by Gasteiger charge is 2.44. The Morgan fingerprint density at radius 2 is 2.35 bits per heavy atom. The normalized spacial score (nSPS) is 18.6. The molecule has 1 aromatic heterocycles. The average molecular weight is 319 g/mol. The summed E-state index contributed by atoms with van der Waals surface area (Å²) < 4.78 is 0.641. The molecule has 0 bridgehead atoms. The minimum atomic E-state index is -0.813. The molecule has 1 fully saturated rings. The van der Waals surface area contributed by atoms with Crippen LogP contribution in [0.25, 0.3) is 0 Å². The maximum absolute atomic E-state index is 12.0. The van der Waals surface area contributed by atoms with Crippen molar-refractivity contribution in [3.8, 4) is 0 Å². The first-order valence-corrected chi connectivity index (χ1v) is 6.49. The van der Waals surface area contributed by atoms with Gasteiger partial charge in [-0.2, -0.15) is 0 Å². The zero-order valence-corrected chi connectivity index (χ0v) is 11.7. The van der Waals surface area contributed by atoms with Crippen molar-refractivity contribution < 1.29 is 4.79 Å². The molecule has 1 aliphatic rings. The number of amides is 1. The molecule has 1 unspecified atom stereocenters. The van der Waals surface area contributed by atoms with Crippen molar-refractivity contribution in [2.24, 2.45) is 11.7 Å². The van der Waals surface area contributed by atoms with Crippen LogP contribution in [0.4, 0.5) is 5.69 Å². The van der Waals surface area contributed by atoms with Gasteiger partial charge in [0.1, 0.15) is 5.15 Å². The Morgan fingerprint density at radius 1 is 1.71 bits per heavy atom. The number of aromatic nitrogens is 1. The number of nitrogens with zero attached hydrogens (tertiary/aromatic N) is 1. The Hall–Kier alpha value is -0.650. The quantitative estimate of drug-likeness (QED) is 0.842. The fourth-order valence-corrected chi connectivity index (χ4v) is 2.08. The SMILES string of the molecule is CC(N)(C(=O)Nc1cnc(Cl)c(Br)c1)C1CC1. The van der Waals surface area contributed by atoms with E-state index in [0.29, 0.717) is 15.3 Å². The van der Waals surface area contributed by atoms with E-state index in [0.717, 1.165) is 12.8 Å². The molecule has 2 rings (SSSR count). The summed E-state index contributed by atoms with van der Waals surface area (Å²) in [5.41, 5.74) is 5.78. The second-order valence-electron chi connectivity index (χ2n) is 4.51. The third kappa shape index (κ3) is 2.78. The lowest BCUT2D eigenvalue weighted by molar-refractivity contribution is -0.121. The van der Waals surface area contributed by atoms with Crippen LogP contribution >= 0.6 is 27.5 Å². The predicted octanol–water partition coefficient (Wildman–Crippen LogP) is 2.56. The van der Waals surface area contributed by atoms with Gasteiger partial charge >= 0.3 is 0 Å². The van der Waals surface area contributed by atoms with Crippen LogP contribution in [-0.2, 0) is 4.79 Å². The van der Waals surface area contributed by atoms with E-state index in [2.05, 4.69) is 26.2 Å². The van der Waals surface area contributed by atoms with Gasteiger partial charge in [-0.15, -0.1) is 0 Å². The van der Waals surface area contributed by atoms with E-state index in [9.17, 15) is 4.79 Å². The molecule has 92 valence electrons. The fourth-order valence-electron chi connectivity index (χ4n) is 1.62. The highest BCUT2D eigenvalue weighted by molar-refractivity contribution is 9.10. The minimum Gasteiger partial charge on any atom is -0.323 e. The van der Waals surface area contributed by atoms with E-state index in [1.54, 1.807) is 13.0 Å². The van der Waals surface area contributed by atoms with Crippen molar-refractivity contribution in [3.63, 3.8) is 0 Å². The molecule has 1 amide bonds. The second-order valence-corrected chi connectivity index (χ2v) is 5.72. The zero-order valence-electron chi connectivity index (χ0n) is 9.34. The lowest BCUT2D eigenvalue weighted by Crippen LogP contribution is -2.50. The molecule has 17 heavy (non-hydrogen) atoms. The summed E-state index contributed by atoms with van der Waals surface area (Å²) in [5.74, 6) is 0.0993. The van der Waals surface area contributed by atoms with E-state index >= 15 is 0 Å².